The van der Waals surface area contributed by atoms with Crippen LogP contribution in [0.1, 0.15) is 19.8 Å². The zero-order valence-electron chi connectivity index (χ0n) is 9.56. The predicted octanol–water partition coefficient (Wildman–Crippen LogP) is -0.830. The fourth-order valence-corrected chi connectivity index (χ4v) is 1.61. The summed E-state index contributed by atoms with van der Waals surface area (Å²) >= 11 is 0. The van der Waals surface area contributed by atoms with Crippen molar-refractivity contribution in [3.8, 4) is 0 Å². The second-order valence-corrected chi connectivity index (χ2v) is 3.81. The highest BCUT2D eigenvalue weighted by Gasteiger charge is 2.31. The monoisotopic (exact) mass is 230 g/mol. The van der Waals surface area contributed by atoms with Crippen LogP contribution in [0, 0.1) is 0 Å². The van der Waals surface area contributed by atoms with Gasteiger partial charge in [0.1, 0.15) is 12.1 Å². The van der Waals surface area contributed by atoms with E-state index in [-0.39, 0.29) is 12.0 Å². The average molecular weight is 230 g/mol. The number of ether oxygens (including phenoxy) is 2. The van der Waals surface area contributed by atoms with Gasteiger partial charge >= 0.3 is 5.97 Å². The van der Waals surface area contributed by atoms with Crippen LogP contribution in [0.3, 0.4) is 0 Å². The van der Waals surface area contributed by atoms with Crippen LogP contribution in [0.2, 0.25) is 0 Å². The molecule has 0 radical (unpaired) electrons. The van der Waals surface area contributed by atoms with Crippen molar-refractivity contribution in [1.29, 1.82) is 0 Å². The van der Waals surface area contributed by atoms with Gasteiger partial charge in [0.15, 0.2) is 0 Å². The lowest BCUT2D eigenvalue weighted by molar-refractivity contribution is -0.146. The van der Waals surface area contributed by atoms with Gasteiger partial charge in [0.2, 0.25) is 5.91 Å². The molecule has 6 nitrogen and oxygen atoms in total. The number of methoxy groups -OCH3 is 1. The van der Waals surface area contributed by atoms with Crippen molar-refractivity contribution in [1.82, 2.24) is 5.32 Å². The number of hydrogen-bond acceptors (Lipinski definition) is 5. The molecule has 0 aromatic rings. The lowest BCUT2D eigenvalue weighted by atomic mass is 10.2. The smallest absolute Gasteiger partial charge is 0.328 e. The lowest BCUT2D eigenvalue weighted by Crippen LogP contribution is -2.44. The van der Waals surface area contributed by atoms with Gasteiger partial charge in [-0.15, -0.1) is 0 Å². The van der Waals surface area contributed by atoms with Gasteiger partial charge in [0.25, 0.3) is 0 Å². The summed E-state index contributed by atoms with van der Waals surface area (Å²) in [5, 5.41) is 2.54. The summed E-state index contributed by atoms with van der Waals surface area (Å²) in [5.41, 5.74) is 5.44. The van der Waals surface area contributed by atoms with Gasteiger partial charge in [-0.2, -0.15) is 0 Å². The van der Waals surface area contributed by atoms with Crippen molar-refractivity contribution in [3.63, 3.8) is 0 Å². The molecule has 92 valence electrons. The molecule has 3 atom stereocenters. The zero-order chi connectivity index (χ0) is 12.1. The molecular weight excluding hydrogens is 212 g/mol. The van der Waals surface area contributed by atoms with Gasteiger partial charge in [0, 0.05) is 6.54 Å². The fraction of sp³-hybridized carbons (Fsp3) is 0.800. The summed E-state index contributed by atoms with van der Waals surface area (Å²) in [6, 6.07) is -0.655. The minimum atomic E-state index is -0.655. The van der Waals surface area contributed by atoms with E-state index in [1.165, 1.54) is 7.11 Å². The Morgan fingerprint density at radius 3 is 2.75 bits per heavy atom. The molecule has 1 aliphatic rings. The van der Waals surface area contributed by atoms with E-state index in [1.54, 1.807) is 6.92 Å². The summed E-state index contributed by atoms with van der Waals surface area (Å²) in [5.74, 6) is -0.754. The largest absolute Gasteiger partial charge is 0.467 e. The molecular formula is C10H18N2O4. The highest BCUT2D eigenvalue weighted by molar-refractivity contribution is 5.86. The standard InChI is InChI=1S/C10H18N2O4/c1-6(10(14)15-2)12-9(13)8-4-3-7(5-11)16-8/h6-8H,3-5,11H2,1-2H3,(H,12,13)/t6-,7?,8?/m0/s1. The topological polar surface area (TPSA) is 90.7 Å². The van der Waals surface area contributed by atoms with Crippen molar-refractivity contribution in [2.45, 2.75) is 38.0 Å². The third kappa shape index (κ3) is 3.18. The summed E-state index contributed by atoms with van der Waals surface area (Å²) in [6.45, 7) is 1.98. The molecule has 0 bridgehead atoms. The van der Waals surface area contributed by atoms with Crippen LogP contribution >= 0.6 is 0 Å². The Bertz CT molecular complexity index is 270. The van der Waals surface area contributed by atoms with E-state index in [9.17, 15) is 9.59 Å². The molecule has 0 saturated carbocycles. The first kappa shape index (κ1) is 12.9. The first-order chi connectivity index (χ1) is 7.58. The van der Waals surface area contributed by atoms with Crippen molar-refractivity contribution in [3.05, 3.63) is 0 Å². The van der Waals surface area contributed by atoms with Crippen LogP contribution in [0.5, 0.6) is 0 Å². The Hall–Kier alpha value is -1.14. The number of hydrogen-bond donors (Lipinski definition) is 2. The quantitative estimate of drug-likeness (QED) is 0.615. The Labute approximate surface area is 94.5 Å². The second kappa shape index (κ2) is 5.81. The molecule has 1 rings (SSSR count). The maximum atomic E-state index is 11.7. The summed E-state index contributed by atoms with van der Waals surface area (Å²) < 4.78 is 9.90. The first-order valence-electron chi connectivity index (χ1n) is 5.32. The normalized spacial score (nSPS) is 26.2. The summed E-state index contributed by atoms with van der Waals surface area (Å²) in [6.07, 6.45) is 0.868. The van der Waals surface area contributed by atoms with Crippen molar-refractivity contribution >= 4 is 11.9 Å². The van der Waals surface area contributed by atoms with Crippen LogP contribution in [0.25, 0.3) is 0 Å². The number of esters is 1. The van der Waals surface area contributed by atoms with Gasteiger partial charge in [-0.3, -0.25) is 4.79 Å². The van der Waals surface area contributed by atoms with Gasteiger partial charge in [-0.25, -0.2) is 4.79 Å². The van der Waals surface area contributed by atoms with Crippen molar-refractivity contribution in [2.24, 2.45) is 5.73 Å². The maximum Gasteiger partial charge on any atom is 0.328 e. The van der Waals surface area contributed by atoms with Crippen LogP contribution in [0.4, 0.5) is 0 Å². The van der Waals surface area contributed by atoms with Crippen LogP contribution in [0.15, 0.2) is 0 Å². The van der Waals surface area contributed by atoms with Crippen LogP contribution < -0.4 is 11.1 Å². The third-order valence-corrected chi connectivity index (χ3v) is 2.58. The van der Waals surface area contributed by atoms with E-state index in [1.807, 2.05) is 0 Å². The van der Waals surface area contributed by atoms with E-state index in [0.717, 1.165) is 6.42 Å². The van der Waals surface area contributed by atoms with Gasteiger partial charge < -0.3 is 20.5 Å². The highest BCUT2D eigenvalue weighted by atomic mass is 16.5. The number of nitrogens with one attached hydrogen (secondary N) is 1. The average Bonchev–Trinajstić information content (AvgIpc) is 2.76. The van der Waals surface area contributed by atoms with E-state index in [0.29, 0.717) is 13.0 Å². The van der Waals surface area contributed by atoms with Crippen LogP contribution in [-0.4, -0.2) is 43.8 Å². The molecule has 0 spiro atoms. The SMILES string of the molecule is COC(=O)[C@H](C)NC(=O)C1CCC(CN)O1. The maximum absolute atomic E-state index is 11.7. The molecule has 1 saturated heterocycles. The zero-order valence-corrected chi connectivity index (χ0v) is 9.56. The fourth-order valence-electron chi connectivity index (χ4n) is 1.61. The van der Waals surface area contributed by atoms with E-state index >= 15 is 0 Å². The minimum absolute atomic E-state index is 0.0517. The Kier molecular flexibility index (Phi) is 4.70. The van der Waals surface area contributed by atoms with E-state index < -0.39 is 18.1 Å². The molecule has 3 N–H and O–H groups in total. The molecule has 2 unspecified atom stereocenters. The molecule has 16 heavy (non-hydrogen) atoms. The molecule has 1 heterocycles. The van der Waals surface area contributed by atoms with Crippen molar-refractivity contribution < 1.29 is 19.1 Å². The summed E-state index contributed by atoms with van der Waals surface area (Å²) in [4.78, 5) is 22.7. The molecule has 0 aromatic carbocycles. The number of carbonyl (C=O) groups excluding carboxylic acids is 2. The molecule has 0 aromatic heterocycles. The third-order valence-electron chi connectivity index (χ3n) is 2.58. The van der Waals surface area contributed by atoms with Gasteiger partial charge in [-0.1, -0.05) is 0 Å². The molecule has 1 aliphatic heterocycles. The number of carbonyl (C=O) groups is 2. The van der Waals surface area contributed by atoms with Crippen molar-refractivity contribution in [2.75, 3.05) is 13.7 Å². The molecule has 1 fully saturated rings. The van der Waals surface area contributed by atoms with E-state index in [4.69, 9.17) is 10.5 Å². The Balaban J connectivity index is 2.38. The highest BCUT2D eigenvalue weighted by Crippen LogP contribution is 2.18. The Morgan fingerprint density at radius 2 is 2.25 bits per heavy atom. The second-order valence-electron chi connectivity index (χ2n) is 3.81. The predicted molar refractivity (Wildman–Crippen MR) is 56.6 cm³/mol. The number of amides is 1. The van der Waals surface area contributed by atoms with Gasteiger partial charge in [0.05, 0.1) is 13.2 Å². The van der Waals surface area contributed by atoms with Gasteiger partial charge in [-0.05, 0) is 19.8 Å². The first-order valence-corrected chi connectivity index (χ1v) is 5.32. The lowest BCUT2D eigenvalue weighted by Gasteiger charge is -2.15. The molecule has 0 aliphatic carbocycles. The molecule has 1 amide bonds. The number of rotatable bonds is 4. The van der Waals surface area contributed by atoms with Crippen LogP contribution in [-0.2, 0) is 19.1 Å². The van der Waals surface area contributed by atoms with E-state index in [2.05, 4.69) is 10.1 Å². The number of nitrogens with two attached hydrogens (primary N) is 1. The molecule has 6 heteroatoms. The minimum Gasteiger partial charge on any atom is -0.467 e. The Morgan fingerprint density at radius 1 is 1.56 bits per heavy atom. The summed E-state index contributed by atoms with van der Waals surface area (Å²) in [7, 11) is 1.28.